The number of nitriles is 1. The molecule has 2 aromatic rings. The van der Waals surface area contributed by atoms with Crippen LogP contribution in [0.15, 0.2) is 60.7 Å². The molecule has 0 bridgehead atoms. The van der Waals surface area contributed by atoms with Crippen LogP contribution in [0.5, 0.6) is 0 Å². The molecule has 24 heavy (non-hydrogen) atoms. The number of hydrogen-bond acceptors (Lipinski definition) is 3. The molecule has 1 heterocycles. The molecule has 1 saturated heterocycles. The Morgan fingerprint density at radius 3 is 2.33 bits per heavy atom. The molecule has 1 N–H and O–H groups in total. The van der Waals surface area contributed by atoms with Gasteiger partial charge in [-0.25, -0.2) is 0 Å². The van der Waals surface area contributed by atoms with Crippen molar-refractivity contribution in [2.24, 2.45) is 0 Å². The van der Waals surface area contributed by atoms with Gasteiger partial charge < -0.3 is 10.0 Å². The van der Waals surface area contributed by atoms with Gasteiger partial charge in [-0.3, -0.25) is 4.79 Å². The fourth-order valence-corrected chi connectivity index (χ4v) is 3.39. The van der Waals surface area contributed by atoms with E-state index in [0.717, 1.165) is 12.8 Å². The van der Waals surface area contributed by atoms with Crippen molar-refractivity contribution in [1.82, 2.24) is 4.90 Å². The smallest absolute Gasteiger partial charge is 0.255 e. The van der Waals surface area contributed by atoms with Crippen LogP contribution < -0.4 is 0 Å². The number of aliphatic hydroxyl groups is 1. The number of piperidine rings is 1. The molecule has 0 aromatic heterocycles. The van der Waals surface area contributed by atoms with E-state index in [-0.39, 0.29) is 5.91 Å². The lowest BCUT2D eigenvalue weighted by Crippen LogP contribution is -2.57. The lowest BCUT2D eigenvalue weighted by atomic mass is 9.79. The first-order valence-corrected chi connectivity index (χ1v) is 8.20. The Hall–Kier alpha value is -2.64. The van der Waals surface area contributed by atoms with Crippen LogP contribution in [0.1, 0.15) is 41.3 Å². The molecule has 2 aromatic carbocycles. The average molecular weight is 320 g/mol. The second-order valence-electron chi connectivity index (χ2n) is 6.13. The molecule has 1 amide bonds. The zero-order chi connectivity index (χ0) is 17.0. The predicted octanol–water partition coefficient (Wildman–Crippen LogP) is 3.31. The van der Waals surface area contributed by atoms with Crippen molar-refractivity contribution in [2.75, 3.05) is 6.54 Å². The van der Waals surface area contributed by atoms with E-state index in [9.17, 15) is 15.2 Å². The molecule has 1 aliphatic heterocycles. The highest BCUT2D eigenvalue weighted by molar-refractivity contribution is 5.95. The molecule has 0 saturated carbocycles. The van der Waals surface area contributed by atoms with Gasteiger partial charge in [0.15, 0.2) is 5.54 Å². The zero-order valence-electron chi connectivity index (χ0n) is 13.4. The molecule has 1 fully saturated rings. The number of rotatable bonds is 3. The summed E-state index contributed by atoms with van der Waals surface area (Å²) < 4.78 is 0. The summed E-state index contributed by atoms with van der Waals surface area (Å²) >= 11 is 0. The van der Waals surface area contributed by atoms with E-state index < -0.39 is 11.6 Å². The Bertz CT molecular complexity index is 739. The molecule has 122 valence electrons. The summed E-state index contributed by atoms with van der Waals surface area (Å²) in [4.78, 5) is 14.5. The number of hydrogen-bond donors (Lipinski definition) is 1. The number of carbonyl (C=O) groups is 1. The highest BCUT2D eigenvalue weighted by Gasteiger charge is 2.48. The second-order valence-corrected chi connectivity index (χ2v) is 6.13. The highest BCUT2D eigenvalue weighted by Crippen LogP contribution is 2.39. The zero-order valence-corrected chi connectivity index (χ0v) is 13.4. The van der Waals surface area contributed by atoms with Crippen LogP contribution in [0.25, 0.3) is 0 Å². The van der Waals surface area contributed by atoms with Gasteiger partial charge in [0.25, 0.3) is 5.91 Å². The molecule has 4 heteroatoms. The van der Waals surface area contributed by atoms with Crippen LogP contribution in [0.4, 0.5) is 0 Å². The fraction of sp³-hybridized carbons (Fsp3) is 0.300. The van der Waals surface area contributed by atoms with Gasteiger partial charge in [-0.05, 0) is 37.0 Å². The van der Waals surface area contributed by atoms with E-state index in [1.807, 2.05) is 24.3 Å². The van der Waals surface area contributed by atoms with Crippen molar-refractivity contribution in [2.45, 2.75) is 30.9 Å². The minimum Gasteiger partial charge on any atom is -0.385 e. The molecule has 1 unspecified atom stereocenters. The highest BCUT2D eigenvalue weighted by atomic mass is 16.3. The van der Waals surface area contributed by atoms with E-state index in [1.54, 1.807) is 41.3 Å². The number of nitrogens with zero attached hydrogens (tertiary/aromatic N) is 2. The van der Waals surface area contributed by atoms with Crippen molar-refractivity contribution < 1.29 is 9.90 Å². The van der Waals surface area contributed by atoms with Crippen molar-refractivity contribution >= 4 is 5.91 Å². The largest absolute Gasteiger partial charge is 0.385 e. The van der Waals surface area contributed by atoms with Gasteiger partial charge in [0.2, 0.25) is 0 Å². The predicted molar refractivity (Wildman–Crippen MR) is 91.1 cm³/mol. The van der Waals surface area contributed by atoms with Gasteiger partial charge in [0, 0.05) is 12.1 Å². The van der Waals surface area contributed by atoms with E-state index in [2.05, 4.69) is 6.07 Å². The molecular weight excluding hydrogens is 300 g/mol. The summed E-state index contributed by atoms with van der Waals surface area (Å²) in [5, 5.41) is 20.9. The van der Waals surface area contributed by atoms with Gasteiger partial charge in [-0.1, -0.05) is 48.5 Å². The molecule has 0 spiro atoms. The first kappa shape index (κ1) is 16.2. The van der Waals surface area contributed by atoms with Crippen LogP contribution in [0.2, 0.25) is 0 Å². The van der Waals surface area contributed by atoms with Crippen molar-refractivity contribution in [3.8, 4) is 6.07 Å². The standard InChI is InChI=1S/C20H20N2O2/c21-15-20(18(23)16-9-3-1-4-10-16)13-7-8-14-22(20)19(24)17-11-5-2-6-12-17/h1-6,9-12,18,23H,7-8,13-14H2/t18-,20?/m1/s1. The number of likely N-dealkylation sites (tertiary alicyclic amines) is 1. The number of carbonyl (C=O) groups excluding carboxylic acids is 1. The molecule has 3 rings (SSSR count). The van der Waals surface area contributed by atoms with Gasteiger partial charge in [0.05, 0.1) is 6.07 Å². The average Bonchev–Trinajstić information content (AvgIpc) is 2.68. The molecule has 1 aliphatic rings. The van der Waals surface area contributed by atoms with Gasteiger partial charge in [0.1, 0.15) is 6.10 Å². The summed E-state index contributed by atoms with van der Waals surface area (Å²) in [6.45, 7) is 0.477. The van der Waals surface area contributed by atoms with Gasteiger partial charge >= 0.3 is 0 Å². The Morgan fingerprint density at radius 2 is 1.71 bits per heavy atom. The Kier molecular flexibility index (Phi) is 4.64. The second kappa shape index (κ2) is 6.86. The first-order chi connectivity index (χ1) is 11.7. The van der Waals surface area contributed by atoms with Crippen molar-refractivity contribution in [3.63, 3.8) is 0 Å². The quantitative estimate of drug-likeness (QED) is 0.943. The van der Waals surface area contributed by atoms with Crippen LogP contribution in [-0.2, 0) is 0 Å². The Labute approximate surface area is 142 Å². The van der Waals surface area contributed by atoms with Crippen LogP contribution >= 0.6 is 0 Å². The van der Waals surface area contributed by atoms with E-state index in [4.69, 9.17) is 0 Å². The maximum Gasteiger partial charge on any atom is 0.255 e. The minimum absolute atomic E-state index is 0.202. The number of amides is 1. The maximum absolute atomic E-state index is 13.0. The van der Waals surface area contributed by atoms with Crippen molar-refractivity contribution in [1.29, 1.82) is 5.26 Å². The normalized spacial score (nSPS) is 21.8. The van der Waals surface area contributed by atoms with Gasteiger partial charge in [-0.15, -0.1) is 0 Å². The molecule has 4 nitrogen and oxygen atoms in total. The third-order valence-corrected chi connectivity index (χ3v) is 4.70. The molecule has 0 radical (unpaired) electrons. The summed E-state index contributed by atoms with van der Waals surface area (Å²) in [6.07, 6.45) is 1.09. The summed E-state index contributed by atoms with van der Waals surface area (Å²) in [6, 6.07) is 20.3. The Morgan fingerprint density at radius 1 is 1.08 bits per heavy atom. The first-order valence-electron chi connectivity index (χ1n) is 8.20. The Balaban J connectivity index is 2.00. The summed E-state index contributed by atoms with van der Waals surface area (Å²) in [5.41, 5.74) is -0.0295. The molecule has 2 atom stereocenters. The number of benzene rings is 2. The van der Waals surface area contributed by atoms with Crippen LogP contribution in [0.3, 0.4) is 0 Å². The number of aliphatic hydroxyl groups excluding tert-OH is 1. The molecular formula is C20H20N2O2. The summed E-state index contributed by atoms with van der Waals surface area (Å²) in [5.74, 6) is -0.202. The van der Waals surface area contributed by atoms with E-state index in [0.29, 0.717) is 24.1 Å². The fourth-order valence-electron chi connectivity index (χ4n) is 3.39. The lowest BCUT2D eigenvalue weighted by molar-refractivity contribution is -0.0129. The van der Waals surface area contributed by atoms with Gasteiger partial charge in [-0.2, -0.15) is 5.26 Å². The molecule has 0 aliphatic carbocycles. The minimum atomic E-state index is -1.23. The monoisotopic (exact) mass is 320 g/mol. The lowest BCUT2D eigenvalue weighted by Gasteiger charge is -2.45. The van der Waals surface area contributed by atoms with E-state index >= 15 is 0 Å². The third-order valence-electron chi connectivity index (χ3n) is 4.70. The SMILES string of the molecule is N#CC1([C@H](O)c2ccccc2)CCCCN1C(=O)c1ccccc1. The van der Waals surface area contributed by atoms with Crippen molar-refractivity contribution in [3.05, 3.63) is 71.8 Å². The van der Waals surface area contributed by atoms with Crippen LogP contribution in [-0.4, -0.2) is 28.0 Å². The maximum atomic E-state index is 13.0. The van der Waals surface area contributed by atoms with E-state index in [1.165, 1.54) is 0 Å². The summed E-state index contributed by atoms with van der Waals surface area (Å²) in [7, 11) is 0. The topological polar surface area (TPSA) is 64.3 Å². The van der Waals surface area contributed by atoms with Crippen LogP contribution in [0, 0.1) is 11.3 Å². The third kappa shape index (κ3) is 2.79.